The molecule has 107 heavy (non-hydrogen) atoms. The van der Waals surface area contributed by atoms with Gasteiger partial charge in [-0.05, 0) is 123 Å². The van der Waals surface area contributed by atoms with Crippen LogP contribution in [0.4, 0.5) is 38.5 Å². The van der Waals surface area contributed by atoms with Gasteiger partial charge in [-0.15, -0.1) is 0 Å². The Morgan fingerprint density at radius 2 is 0.916 bits per heavy atom. The summed E-state index contributed by atoms with van der Waals surface area (Å²) >= 11 is 6.46. The zero-order chi connectivity index (χ0) is 73.3. The minimum Gasteiger partial charge on any atom is -0.467 e. The number of nitrogens with one attached hydrogen (secondary N) is 1. The molecule has 0 radical (unpaired) electrons. The van der Waals surface area contributed by atoms with Crippen molar-refractivity contribution in [2.45, 2.75) is 115 Å². The van der Waals surface area contributed by atoms with Crippen molar-refractivity contribution >= 4 is 74.3 Å². The van der Waals surface area contributed by atoms with Crippen LogP contribution in [-0.2, 0) is 67.6 Å². The average Bonchev–Trinajstić information content (AvgIpc) is 1.29. The molecule has 2 saturated carbocycles. The van der Waals surface area contributed by atoms with E-state index in [4.69, 9.17) is 65.2 Å². The Hall–Kier alpha value is -8.85. The fourth-order valence-corrected chi connectivity index (χ4v) is 15.5. The van der Waals surface area contributed by atoms with Crippen LogP contribution in [0, 0.1) is 0 Å². The number of benzene rings is 6. The third-order valence-corrected chi connectivity index (χ3v) is 21.6. The van der Waals surface area contributed by atoms with Crippen molar-refractivity contribution < 1.29 is 47.5 Å². The number of hydrogen-bond acceptors (Lipinski definition) is 22. The summed E-state index contributed by atoms with van der Waals surface area (Å²) in [4.78, 5) is 63.4. The molecule has 2 aliphatic carbocycles. The third-order valence-electron chi connectivity index (χ3n) is 21.4. The topological polar surface area (TPSA) is 224 Å². The lowest BCUT2D eigenvalue weighted by atomic mass is 10.0. The number of rotatable bonds is 18. The summed E-state index contributed by atoms with van der Waals surface area (Å²) in [5.74, 6) is 4.10. The van der Waals surface area contributed by atoms with Gasteiger partial charge in [-0.25, -0.2) is 24.5 Å². The molecule has 0 unspecified atom stereocenters. The first kappa shape index (κ1) is 75.0. The molecular formula is C82H103ClN14O10. The molecule has 5 saturated heterocycles. The molecule has 0 bridgehead atoms. The van der Waals surface area contributed by atoms with Gasteiger partial charge in [0.1, 0.15) is 36.3 Å². The smallest absolute Gasteiger partial charge is 0.410 e. The van der Waals surface area contributed by atoms with Gasteiger partial charge in [0.25, 0.3) is 0 Å². The number of carbonyl (C=O) groups is 2. The van der Waals surface area contributed by atoms with Gasteiger partial charge in [0.2, 0.25) is 11.2 Å². The summed E-state index contributed by atoms with van der Waals surface area (Å²) in [7, 11) is 3.25. The van der Waals surface area contributed by atoms with Crippen LogP contribution >= 0.6 is 11.6 Å². The minimum atomic E-state index is -0.296. The number of aromatic nitrogens is 4. The SMILES string of the molecule is C1COCCO1.COCOc1cc(N2CCc3c(nc(Cl)nc3N3CCN(C(=O)OCc4ccccc4)CC3)C2)c2ccccc2c1.COCOc1cc(N2CCc3c(nc(NC4CCN(C5CC5)CC4)nc3N3CCN(C(=O)OCc4ccccc4)CC3)C2)c2ccccc2c1.NC1CCN(C2CC2)CC1. The van der Waals surface area contributed by atoms with Gasteiger partial charge >= 0.3 is 12.2 Å². The highest BCUT2D eigenvalue weighted by Crippen LogP contribution is 2.40. The van der Waals surface area contributed by atoms with E-state index in [1.165, 1.54) is 62.6 Å². The molecule has 17 rings (SSSR count). The van der Waals surface area contributed by atoms with Gasteiger partial charge in [0.05, 0.1) is 50.9 Å². The van der Waals surface area contributed by atoms with Crippen molar-refractivity contribution in [1.29, 1.82) is 0 Å². The Morgan fingerprint density at radius 1 is 0.486 bits per heavy atom. The maximum Gasteiger partial charge on any atom is 0.410 e. The number of nitrogens with two attached hydrogens (primary N) is 1. The van der Waals surface area contributed by atoms with Crippen molar-refractivity contribution in [3.8, 4) is 11.5 Å². The standard InChI is InChI=1S/C39H47N7O4.C31H32ClN5O4.C8H16N2.C4H8O2/c1-48-27-50-32-23-29-9-5-6-10-33(29)36(24-32)46-18-15-34-35(25-46)41-38(40-30-13-16-43(17-14-30)31-11-12-31)42-37(34)44-19-21-45(22-20-44)39(47)49-26-28-7-3-2-4-8-28;1-39-21-41-24-17-23-9-5-6-10-25(23)28(18-24)37-12-11-26-27(19-37)33-30(32)34-29(26)35-13-15-36(16-14-35)31(38)40-20-22-7-3-2-4-8-22;9-7-3-5-10(6-4-7)8-1-2-8;1-2-6-4-3-5-1/h2-10,23-24,30-31H,11-22,25-27H2,1H3,(H,40,41,42);2-10,17-18H,11-16,19-21H2,1H3;7-8H,1-6,9H2;1-4H2. The van der Waals surface area contributed by atoms with Crippen LogP contribution in [-0.4, -0.2) is 222 Å². The Bertz CT molecular complexity index is 4190. The van der Waals surface area contributed by atoms with E-state index in [0.717, 1.165) is 169 Å². The van der Waals surface area contributed by atoms with Crippen molar-refractivity contribution in [1.82, 2.24) is 39.5 Å². The van der Waals surface area contributed by atoms with Gasteiger partial charge in [0.15, 0.2) is 13.6 Å². The highest BCUT2D eigenvalue weighted by atomic mass is 35.5. The van der Waals surface area contributed by atoms with Crippen LogP contribution in [0.3, 0.4) is 0 Å². The second-order valence-corrected chi connectivity index (χ2v) is 29.2. The van der Waals surface area contributed by atoms with Gasteiger partial charge < -0.3 is 88.1 Å². The molecule has 8 aromatic rings. The number of carbonyl (C=O) groups excluding carboxylic acids is 2. The number of ether oxygens (including phenoxy) is 8. The minimum absolute atomic E-state index is 0.185. The molecule has 568 valence electrons. The summed E-state index contributed by atoms with van der Waals surface area (Å²) in [5, 5.41) is 8.55. The van der Waals surface area contributed by atoms with Gasteiger partial charge in [0, 0.05) is 162 Å². The number of halogens is 1. The highest BCUT2D eigenvalue weighted by Gasteiger charge is 2.36. The first-order valence-corrected chi connectivity index (χ1v) is 38.7. The number of anilines is 5. The molecule has 3 N–H and O–H groups in total. The lowest BCUT2D eigenvalue weighted by molar-refractivity contribution is -0.0334. The van der Waals surface area contributed by atoms with E-state index < -0.39 is 0 Å². The maximum atomic E-state index is 13.0. The van der Waals surface area contributed by atoms with Crippen molar-refractivity contribution in [3.63, 3.8) is 0 Å². The number of hydrogen-bond donors (Lipinski definition) is 2. The number of nitrogens with zero attached hydrogens (tertiary/aromatic N) is 12. The van der Waals surface area contributed by atoms with Crippen LogP contribution in [0.1, 0.15) is 85.0 Å². The zero-order valence-electron chi connectivity index (χ0n) is 62.0. The Labute approximate surface area is 633 Å². The van der Waals surface area contributed by atoms with E-state index in [1.54, 1.807) is 19.1 Å². The molecule has 24 nitrogen and oxygen atoms in total. The Balaban J connectivity index is 0.000000150. The molecule has 6 aromatic carbocycles. The number of piperazine rings is 2. The van der Waals surface area contributed by atoms with Crippen LogP contribution in [0.2, 0.25) is 5.28 Å². The molecule has 7 fully saturated rings. The predicted octanol–water partition coefficient (Wildman–Crippen LogP) is 11.6. The zero-order valence-corrected chi connectivity index (χ0v) is 62.7. The number of piperidine rings is 2. The van der Waals surface area contributed by atoms with E-state index in [9.17, 15) is 9.59 Å². The molecule has 0 spiro atoms. The summed E-state index contributed by atoms with van der Waals surface area (Å²) in [6.07, 6.45) is 11.2. The van der Waals surface area contributed by atoms with E-state index in [-0.39, 0.29) is 44.3 Å². The molecule has 9 aliphatic rings. The number of amides is 2. The van der Waals surface area contributed by atoms with Crippen LogP contribution in [0.25, 0.3) is 21.5 Å². The van der Waals surface area contributed by atoms with Crippen molar-refractivity contribution in [2.75, 3.05) is 171 Å². The van der Waals surface area contributed by atoms with Crippen molar-refractivity contribution in [3.05, 3.63) is 172 Å². The van der Waals surface area contributed by atoms with E-state index >= 15 is 0 Å². The lowest BCUT2D eigenvalue weighted by Crippen LogP contribution is -2.49. The van der Waals surface area contributed by atoms with E-state index in [0.29, 0.717) is 83.5 Å². The third kappa shape index (κ3) is 20.1. The monoisotopic (exact) mass is 1480 g/mol. The first-order chi connectivity index (χ1) is 52.6. The summed E-state index contributed by atoms with van der Waals surface area (Å²) < 4.78 is 43.1. The normalized spacial score (nSPS) is 18.7. The molecule has 25 heteroatoms. The van der Waals surface area contributed by atoms with Crippen LogP contribution < -0.4 is 40.1 Å². The number of likely N-dealkylation sites (tertiary alicyclic amines) is 2. The molecule has 0 atom stereocenters. The van der Waals surface area contributed by atoms with Crippen LogP contribution in [0.15, 0.2) is 133 Å². The lowest BCUT2D eigenvalue weighted by Gasteiger charge is -2.38. The van der Waals surface area contributed by atoms with Crippen molar-refractivity contribution in [2.24, 2.45) is 5.73 Å². The second kappa shape index (κ2) is 36.8. The average molecular weight is 1480 g/mol. The Morgan fingerprint density at radius 3 is 1.36 bits per heavy atom. The summed E-state index contributed by atoms with van der Waals surface area (Å²) in [6, 6.07) is 47.2. The van der Waals surface area contributed by atoms with E-state index in [2.05, 4.69) is 99.3 Å². The summed E-state index contributed by atoms with van der Waals surface area (Å²) in [6.45, 7) is 16.7. The molecule has 2 amide bonds. The Kier molecular flexibility index (Phi) is 25.8. The largest absolute Gasteiger partial charge is 0.467 e. The summed E-state index contributed by atoms with van der Waals surface area (Å²) in [5.41, 5.74) is 14.2. The highest BCUT2D eigenvalue weighted by molar-refractivity contribution is 6.28. The van der Waals surface area contributed by atoms with Gasteiger partial charge in [-0.1, -0.05) is 109 Å². The maximum absolute atomic E-state index is 13.0. The predicted molar refractivity (Wildman–Crippen MR) is 417 cm³/mol. The molecule has 9 heterocycles. The second-order valence-electron chi connectivity index (χ2n) is 28.9. The van der Waals surface area contributed by atoms with E-state index in [1.807, 2.05) is 83.8 Å². The molecular weight excluding hydrogens is 1380 g/mol. The fraction of sp³-hybridized carbons (Fsp3) is 0.488. The van der Waals surface area contributed by atoms with Crippen LogP contribution in [0.5, 0.6) is 11.5 Å². The van der Waals surface area contributed by atoms with Gasteiger partial charge in [-0.2, -0.15) is 4.98 Å². The first-order valence-electron chi connectivity index (χ1n) is 38.4. The number of fused-ring (bicyclic) bond motifs is 4. The fourth-order valence-electron chi connectivity index (χ4n) is 15.3. The molecule has 7 aliphatic heterocycles. The van der Waals surface area contributed by atoms with Gasteiger partial charge in [-0.3, -0.25) is 0 Å². The quantitative estimate of drug-likeness (QED) is 0.0602. The molecule has 2 aromatic heterocycles. The number of methoxy groups -OCH3 is 2.